The van der Waals surface area contributed by atoms with Crippen LogP contribution in [0.1, 0.15) is 96.4 Å². The lowest BCUT2D eigenvalue weighted by molar-refractivity contribution is -0.127. The van der Waals surface area contributed by atoms with E-state index in [1.165, 1.54) is 18.4 Å². The minimum absolute atomic E-state index is 0.128. The highest BCUT2D eigenvalue weighted by Gasteiger charge is 2.32. The van der Waals surface area contributed by atoms with Gasteiger partial charge in [0.25, 0.3) is 5.91 Å². The molecule has 2 aromatic rings. The van der Waals surface area contributed by atoms with Crippen LogP contribution >= 0.6 is 0 Å². The summed E-state index contributed by atoms with van der Waals surface area (Å²) in [5.41, 5.74) is 5.03. The molecule has 2 aliphatic rings. The largest absolute Gasteiger partial charge is 0.370 e. The Balaban J connectivity index is 0.000000983. The first-order valence-electron chi connectivity index (χ1n) is 14.9. The van der Waals surface area contributed by atoms with E-state index in [1.54, 1.807) is 4.90 Å². The smallest absolute Gasteiger partial charge is 0.272 e. The number of nitrogens with zero attached hydrogens (tertiary/aromatic N) is 3. The van der Waals surface area contributed by atoms with Gasteiger partial charge in [-0.25, -0.2) is 4.98 Å². The number of carbonyl (C=O) groups excluding carboxylic acids is 2. The lowest BCUT2D eigenvalue weighted by atomic mass is 9.98. The third-order valence-corrected chi connectivity index (χ3v) is 7.07. The highest BCUT2D eigenvalue weighted by atomic mass is 16.2. The van der Waals surface area contributed by atoms with Crippen molar-refractivity contribution in [3.8, 4) is 0 Å². The van der Waals surface area contributed by atoms with Crippen molar-refractivity contribution in [2.45, 2.75) is 98.6 Å². The number of aromatic nitrogens is 1. The molecule has 0 radical (unpaired) electrons. The second kappa shape index (κ2) is 15.4. The molecule has 7 nitrogen and oxygen atoms in total. The number of benzodiazepines with no additional fused rings is 1. The fourth-order valence-corrected chi connectivity index (χ4v) is 4.79. The fraction of sp³-hybridized carbons (Fsp3) is 0.562. The van der Waals surface area contributed by atoms with Crippen molar-refractivity contribution in [3.63, 3.8) is 0 Å². The van der Waals surface area contributed by atoms with Gasteiger partial charge in [0.05, 0.1) is 5.69 Å². The Morgan fingerprint density at radius 1 is 1.08 bits per heavy atom. The Hall–Kier alpha value is -3.22. The topological polar surface area (TPSA) is 86.7 Å². The van der Waals surface area contributed by atoms with E-state index >= 15 is 0 Å². The van der Waals surface area contributed by atoms with Crippen molar-refractivity contribution in [1.29, 1.82) is 0 Å². The van der Waals surface area contributed by atoms with Crippen LogP contribution in [0.5, 0.6) is 0 Å². The molecule has 0 fully saturated rings. The predicted molar refractivity (Wildman–Crippen MR) is 162 cm³/mol. The Kier molecular flexibility index (Phi) is 12.0. The molecule has 1 atom stereocenters. The lowest BCUT2D eigenvalue weighted by Crippen LogP contribution is -2.47. The number of fused-ring (bicyclic) bond motifs is 2. The van der Waals surface area contributed by atoms with Gasteiger partial charge < -0.3 is 15.5 Å². The minimum Gasteiger partial charge on any atom is -0.370 e. The normalized spacial score (nSPS) is 16.3. The molecule has 7 heteroatoms. The van der Waals surface area contributed by atoms with Crippen molar-refractivity contribution in [2.24, 2.45) is 10.9 Å². The standard InChI is InChI=1S/C28H37N5O2.C4H10/c1-4-18-33-23-13-7-6-12-22(23)25(19(2)3)32-27(28(33)35)31-24(34)14-8-5-11-21-16-15-20-10-9-17-29-26(20)30-21;1-3-4-2/h6-7,12-13,15-16,19,27H,4-5,8-11,14,17-18H2,1-3H3,(H,29,30)(H,31,34);3-4H2,1-2H3. The summed E-state index contributed by atoms with van der Waals surface area (Å²) in [4.78, 5) is 37.5. The zero-order valence-electron chi connectivity index (χ0n) is 24.6. The second-order valence-electron chi connectivity index (χ2n) is 10.7. The maximum absolute atomic E-state index is 13.4. The van der Waals surface area contributed by atoms with Crippen LogP contribution in [0, 0.1) is 5.92 Å². The van der Waals surface area contributed by atoms with Gasteiger partial charge in [0.2, 0.25) is 12.1 Å². The van der Waals surface area contributed by atoms with Gasteiger partial charge in [-0.1, -0.05) is 71.7 Å². The first-order valence-corrected chi connectivity index (χ1v) is 14.9. The molecule has 2 N–H and O–H groups in total. The van der Waals surface area contributed by atoms with Crippen molar-refractivity contribution >= 4 is 29.0 Å². The number of aliphatic imine (C=N–C) groups is 1. The first-order chi connectivity index (χ1) is 18.9. The molecule has 3 heterocycles. The van der Waals surface area contributed by atoms with E-state index in [0.29, 0.717) is 13.0 Å². The molecule has 1 aromatic heterocycles. The lowest BCUT2D eigenvalue weighted by Gasteiger charge is -2.25. The average molecular weight is 534 g/mol. The van der Waals surface area contributed by atoms with Crippen LogP contribution in [-0.4, -0.2) is 41.8 Å². The van der Waals surface area contributed by atoms with E-state index in [2.05, 4.69) is 50.5 Å². The van der Waals surface area contributed by atoms with E-state index in [1.807, 2.05) is 31.2 Å². The summed E-state index contributed by atoms with van der Waals surface area (Å²) in [5, 5.41) is 6.29. The van der Waals surface area contributed by atoms with Crippen LogP contribution in [0.4, 0.5) is 11.5 Å². The minimum atomic E-state index is -0.896. The molecule has 2 amide bonds. The SMILES string of the molecule is CCCC.CCCN1C(=O)C(NC(=O)CCCCc2ccc3c(n2)NCCC3)N=C(C(C)C)c2ccccc21. The summed E-state index contributed by atoms with van der Waals surface area (Å²) in [5.74, 6) is 0.824. The highest BCUT2D eigenvalue weighted by Crippen LogP contribution is 2.28. The van der Waals surface area contributed by atoms with E-state index in [0.717, 1.165) is 73.5 Å². The van der Waals surface area contributed by atoms with Gasteiger partial charge in [-0.05, 0) is 62.1 Å². The van der Waals surface area contributed by atoms with Gasteiger partial charge in [0, 0.05) is 36.5 Å². The fourth-order valence-electron chi connectivity index (χ4n) is 4.79. The first kappa shape index (κ1) is 30.3. The second-order valence-corrected chi connectivity index (χ2v) is 10.7. The predicted octanol–water partition coefficient (Wildman–Crippen LogP) is 6.30. The van der Waals surface area contributed by atoms with Crippen molar-refractivity contribution in [1.82, 2.24) is 10.3 Å². The third-order valence-electron chi connectivity index (χ3n) is 7.07. The van der Waals surface area contributed by atoms with Crippen molar-refractivity contribution in [2.75, 3.05) is 23.3 Å². The summed E-state index contributed by atoms with van der Waals surface area (Å²) in [6, 6.07) is 12.2. The Labute approximate surface area is 234 Å². The van der Waals surface area contributed by atoms with E-state index < -0.39 is 6.17 Å². The highest BCUT2D eigenvalue weighted by molar-refractivity contribution is 6.13. The molecule has 1 unspecified atom stereocenters. The van der Waals surface area contributed by atoms with E-state index in [-0.39, 0.29) is 17.7 Å². The Morgan fingerprint density at radius 2 is 1.85 bits per heavy atom. The quantitative estimate of drug-likeness (QED) is 0.351. The molecular weight excluding hydrogens is 486 g/mol. The Morgan fingerprint density at radius 3 is 2.56 bits per heavy atom. The third kappa shape index (κ3) is 8.38. The van der Waals surface area contributed by atoms with E-state index in [9.17, 15) is 9.59 Å². The molecule has 39 heavy (non-hydrogen) atoms. The molecule has 4 rings (SSSR count). The van der Waals surface area contributed by atoms with Gasteiger partial charge in [-0.3, -0.25) is 14.6 Å². The maximum atomic E-state index is 13.4. The number of aryl methyl sites for hydroxylation is 2. The van der Waals surface area contributed by atoms with E-state index in [4.69, 9.17) is 9.98 Å². The number of hydrogen-bond acceptors (Lipinski definition) is 5. The van der Waals surface area contributed by atoms with Crippen LogP contribution < -0.4 is 15.5 Å². The van der Waals surface area contributed by atoms with Crippen LogP contribution in [0.2, 0.25) is 0 Å². The molecular formula is C32H47N5O2. The van der Waals surface area contributed by atoms with Gasteiger partial charge in [0.15, 0.2) is 0 Å². The van der Waals surface area contributed by atoms with Gasteiger partial charge in [-0.2, -0.15) is 0 Å². The number of rotatable bonds is 10. The molecule has 1 aromatic carbocycles. The zero-order valence-corrected chi connectivity index (χ0v) is 24.6. The number of pyridine rings is 1. The van der Waals surface area contributed by atoms with Crippen LogP contribution in [0.25, 0.3) is 0 Å². The summed E-state index contributed by atoms with van der Waals surface area (Å²) < 4.78 is 0. The number of nitrogens with one attached hydrogen (secondary N) is 2. The molecule has 2 aliphatic heterocycles. The molecule has 0 bridgehead atoms. The van der Waals surface area contributed by atoms with Gasteiger partial charge in [0.1, 0.15) is 5.82 Å². The zero-order chi connectivity index (χ0) is 28.2. The number of carbonyl (C=O) groups is 2. The molecule has 212 valence electrons. The average Bonchev–Trinajstić information content (AvgIpc) is 3.06. The number of benzene rings is 1. The van der Waals surface area contributed by atoms with Crippen molar-refractivity contribution in [3.05, 3.63) is 53.2 Å². The van der Waals surface area contributed by atoms with Crippen LogP contribution in [0.15, 0.2) is 41.4 Å². The maximum Gasteiger partial charge on any atom is 0.272 e. The summed E-state index contributed by atoms with van der Waals surface area (Å²) in [6.07, 6.45) is 7.59. The van der Waals surface area contributed by atoms with Crippen molar-refractivity contribution < 1.29 is 9.59 Å². The monoisotopic (exact) mass is 533 g/mol. The van der Waals surface area contributed by atoms with Gasteiger partial charge in [-0.15, -0.1) is 0 Å². The van der Waals surface area contributed by atoms with Crippen LogP contribution in [0.3, 0.4) is 0 Å². The summed E-state index contributed by atoms with van der Waals surface area (Å²) in [6.45, 7) is 12.1. The molecule has 0 aliphatic carbocycles. The Bertz CT molecular complexity index is 1130. The number of para-hydroxylation sites is 1. The number of amides is 2. The molecule has 0 saturated heterocycles. The molecule has 0 saturated carbocycles. The number of anilines is 2. The molecule has 0 spiro atoms. The number of hydrogen-bond donors (Lipinski definition) is 2. The summed E-state index contributed by atoms with van der Waals surface area (Å²) >= 11 is 0. The summed E-state index contributed by atoms with van der Waals surface area (Å²) in [7, 11) is 0. The number of unbranched alkanes of at least 4 members (excludes halogenated alkanes) is 2. The van der Waals surface area contributed by atoms with Crippen LogP contribution in [-0.2, 0) is 22.4 Å². The van der Waals surface area contributed by atoms with Gasteiger partial charge >= 0.3 is 0 Å².